The van der Waals surface area contributed by atoms with Gasteiger partial charge in [0.25, 0.3) is 5.91 Å². The maximum atomic E-state index is 12.7. The number of nitrogens with zero attached hydrogens (tertiary/aromatic N) is 3. The third kappa shape index (κ3) is 4.26. The molecule has 2 aromatic carbocycles. The lowest BCUT2D eigenvalue weighted by atomic mass is 10.2. The minimum absolute atomic E-state index is 0.0997. The molecule has 0 radical (unpaired) electrons. The molecule has 28 heavy (non-hydrogen) atoms. The molecular weight excluding hydrogens is 374 g/mol. The average Bonchev–Trinajstić information content (AvgIpc) is 2.96. The minimum atomic E-state index is -1.01. The van der Waals surface area contributed by atoms with Crippen LogP contribution in [0.1, 0.15) is 22.8 Å². The van der Waals surface area contributed by atoms with E-state index in [1.54, 1.807) is 17.0 Å². The lowest BCUT2D eigenvalue weighted by molar-refractivity contribution is -0.122. The van der Waals surface area contributed by atoms with Crippen molar-refractivity contribution in [1.29, 1.82) is 0 Å². The molecule has 0 saturated carbocycles. The maximum Gasteiger partial charge on any atom is 0.335 e. The lowest BCUT2D eigenvalue weighted by Crippen LogP contribution is -2.28. The molecule has 144 valence electrons. The molecule has 0 bridgehead atoms. The predicted molar refractivity (Wildman–Crippen MR) is 114 cm³/mol. The van der Waals surface area contributed by atoms with Gasteiger partial charge in [-0.2, -0.15) is 0 Å². The predicted octanol–water partition coefficient (Wildman–Crippen LogP) is 4.07. The Hall–Kier alpha value is -3.06. The number of amides is 1. The number of aliphatic imine (C=N–C) groups is 1. The number of benzene rings is 2. The molecule has 0 aliphatic carbocycles. The van der Waals surface area contributed by atoms with Gasteiger partial charge in [0.1, 0.15) is 0 Å². The van der Waals surface area contributed by atoms with E-state index in [-0.39, 0.29) is 11.5 Å². The Morgan fingerprint density at radius 3 is 2.54 bits per heavy atom. The molecule has 1 fully saturated rings. The van der Waals surface area contributed by atoms with Crippen LogP contribution in [0.2, 0.25) is 0 Å². The fourth-order valence-corrected chi connectivity index (χ4v) is 3.77. The van der Waals surface area contributed by atoms with Crippen molar-refractivity contribution in [2.45, 2.75) is 6.92 Å². The fraction of sp³-hybridized carbons (Fsp3) is 0.190. The van der Waals surface area contributed by atoms with Gasteiger partial charge in [-0.1, -0.05) is 18.2 Å². The number of hydrogen-bond donors (Lipinski definition) is 1. The number of thioether (sulfide) groups is 1. The third-order valence-electron chi connectivity index (χ3n) is 4.23. The van der Waals surface area contributed by atoms with Crippen molar-refractivity contribution >= 4 is 46.3 Å². The lowest BCUT2D eigenvalue weighted by Gasteiger charge is -2.12. The molecule has 6 nitrogen and oxygen atoms in total. The van der Waals surface area contributed by atoms with Gasteiger partial charge < -0.3 is 10.0 Å². The van der Waals surface area contributed by atoms with Gasteiger partial charge in [0, 0.05) is 26.3 Å². The van der Waals surface area contributed by atoms with E-state index in [0.717, 1.165) is 11.3 Å². The molecule has 1 aliphatic rings. The van der Waals surface area contributed by atoms with Crippen molar-refractivity contribution in [2.75, 3.05) is 25.5 Å². The van der Waals surface area contributed by atoms with Gasteiger partial charge in [-0.25, -0.2) is 9.79 Å². The van der Waals surface area contributed by atoms with E-state index in [9.17, 15) is 9.59 Å². The maximum absolute atomic E-state index is 12.7. The summed E-state index contributed by atoms with van der Waals surface area (Å²) in [4.78, 5) is 32.6. The molecule has 1 heterocycles. The van der Waals surface area contributed by atoms with Crippen LogP contribution in [-0.4, -0.2) is 47.7 Å². The second-order valence-corrected chi connectivity index (χ2v) is 7.40. The van der Waals surface area contributed by atoms with Crippen LogP contribution in [0.5, 0.6) is 0 Å². The molecule has 0 spiro atoms. The topological polar surface area (TPSA) is 73.2 Å². The number of hydrogen-bond acceptors (Lipinski definition) is 5. The SMILES string of the molecule is CCN1C(=O)/C(=C\c2ccc(N(C)C)cc2)SC1=Nc1cccc(C(=O)O)c1. The summed E-state index contributed by atoms with van der Waals surface area (Å²) in [5.74, 6) is -1.11. The second kappa shape index (κ2) is 8.31. The van der Waals surface area contributed by atoms with Crippen LogP contribution in [0.25, 0.3) is 6.08 Å². The van der Waals surface area contributed by atoms with Gasteiger partial charge in [-0.15, -0.1) is 0 Å². The first-order valence-electron chi connectivity index (χ1n) is 8.80. The van der Waals surface area contributed by atoms with E-state index >= 15 is 0 Å². The van der Waals surface area contributed by atoms with E-state index < -0.39 is 5.97 Å². The van der Waals surface area contributed by atoms with Crippen molar-refractivity contribution in [2.24, 2.45) is 4.99 Å². The molecule has 0 aromatic heterocycles. The normalized spacial score (nSPS) is 16.8. The zero-order valence-electron chi connectivity index (χ0n) is 15.9. The Balaban J connectivity index is 1.90. The summed E-state index contributed by atoms with van der Waals surface area (Å²) in [7, 11) is 3.95. The van der Waals surface area contributed by atoms with Crippen molar-refractivity contribution in [3.8, 4) is 0 Å². The summed E-state index contributed by atoms with van der Waals surface area (Å²) in [6.45, 7) is 2.37. The highest BCUT2D eigenvalue weighted by atomic mass is 32.2. The molecule has 7 heteroatoms. The molecule has 1 aliphatic heterocycles. The number of carboxylic acid groups (broad SMARTS) is 1. The van der Waals surface area contributed by atoms with Crippen molar-refractivity contribution in [3.05, 3.63) is 64.6 Å². The standard InChI is InChI=1S/C21H21N3O3S/c1-4-24-19(25)18(12-14-8-10-17(11-9-14)23(2)3)28-21(24)22-16-7-5-6-15(13-16)20(26)27/h5-13H,4H2,1-3H3,(H,26,27)/b18-12+,22-21?. The van der Waals surface area contributed by atoms with Gasteiger partial charge in [-0.05, 0) is 60.7 Å². The van der Waals surface area contributed by atoms with E-state index in [0.29, 0.717) is 22.3 Å². The summed E-state index contributed by atoms with van der Waals surface area (Å²) in [6, 6.07) is 14.3. The van der Waals surface area contributed by atoms with E-state index in [1.165, 1.54) is 23.9 Å². The number of carbonyl (C=O) groups excluding carboxylic acids is 1. The van der Waals surface area contributed by atoms with Crippen LogP contribution in [-0.2, 0) is 4.79 Å². The summed E-state index contributed by atoms with van der Waals surface area (Å²) >= 11 is 1.30. The van der Waals surface area contributed by atoms with Crippen molar-refractivity contribution in [1.82, 2.24) is 4.90 Å². The Labute approximate surface area is 168 Å². The molecule has 1 amide bonds. The molecule has 1 saturated heterocycles. The van der Waals surface area contributed by atoms with Crippen molar-refractivity contribution < 1.29 is 14.7 Å². The summed E-state index contributed by atoms with van der Waals surface area (Å²) < 4.78 is 0. The Morgan fingerprint density at radius 1 is 1.21 bits per heavy atom. The molecule has 0 atom stereocenters. The average molecular weight is 395 g/mol. The van der Waals surface area contributed by atoms with Crippen molar-refractivity contribution in [3.63, 3.8) is 0 Å². The summed E-state index contributed by atoms with van der Waals surface area (Å²) in [5, 5.41) is 9.69. The highest BCUT2D eigenvalue weighted by Crippen LogP contribution is 2.34. The zero-order chi connectivity index (χ0) is 20.3. The quantitative estimate of drug-likeness (QED) is 0.773. The fourth-order valence-electron chi connectivity index (χ4n) is 2.71. The molecule has 1 N–H and O–H groups in total. The van der Waals surface area contributed by atoms with E-state index in [2.05, 4.69) is 4.99 Å². The van der Waals surface area contributed by atoms with Crippen LogP contribution < -0.4 is 4.90 Å². The molecule has 0 unspecified atom stereocenters. The molecule has 3 rings (SSSR count). The minimum Gasteiger partial charge on any atom is -0.478 e. The van der Waals surface area contributed by atoms with Crippen LogP contribution in [0.4, 0.5) is 11.4 Å². The van der Waals surface area contributed by atoms with Crippen LogP contribution in [0, 0.1) is 0 Å². The smallest absolute Gasteiger partial charge is 0.335 e. The number of likely N-dealkylation sites (N-methyl/N-ethyl adjacent to an activating group) is 1. The number of carbonyl (C=O) groups is 2. The summed E-state index contributed by atoms with van der Waals surface area (Å²) in [6.07, 6.45) is 1.85. The number of anilines is 1. The van der Waals surface area contributed by atoms with Crippen LogP contribution >= 0.6 is 11.8 Å². The number of amidine groups is 1. The Morgan fingerprint density at radius 2 is 1.93 bits per heavy atom. The van der Waals surface area contributed by atoms with E-state index in [4.69, 9.17) is 5.11 Å². The first-order chi connectivity index (χ1) is 13.4. The monoisotopic (exact) mass is 395 g/mol. The van der Waals surface area contributed by atoms with Gasteiger partial charge in [0.15, 0.2) is 5.17 Å². The first kappa shape index (κ1) is 19.7. The highest BCUT2D eigenvalue weighted by Gasteiger charge is 2.32. The third-order valence-corrected chi connectivity index (χ3v) is 5.24. The van der Waals surface area contributed by atoms with E-state index in [1.807, 2.05) is 56.3 Å². The molecular formula is C21H21N3O3S. The Bertz CT molecular complexity index is 965. The largest absolute Gasteiger partial charge is 0.478 e. The number of carboxylic acids is 1. The van der Waals surface area contributed by atoms with Crippen LogP contribution in [0.3, 0.4) is 0 Å². The zero-order valence-corrected chi connectivity index (χ0v) is 16.7. The molecule has 2 aromatic rings. The van der Waals surface area contributed by atoms with Gasteiger partial charge >= 0.3 is 5.97 Å². The van der Waals surface area contributed by atoms with Crippen LogP contribution in [0.15, 0.2) is 58.4 Å². The van der Waals surface area contributed by atoms with Gasteiger partial charge in [0.05, 0.1) is 16.2 Å². The number of aromatic carboxylic acids is 1. The summed E-state index contributed by atoms with van der Waals surface area (Å²) in [5.41, 5.74) is 2.69. The number of rotatable bonds is 5. The highest BCUT2D eigenvalue weighted by molar-refractivity contribution is 8.18. The first-order valence-corrected chi connectivity index (χ1v) is 9.61. The van der Waals surface area contributed by atoms with Gasteiger partial charge in [-0.3, -0.25) is 9.69 Å². The van der Waals surface area contributed by atoms with Gasteiger partial charge in [0.2, 0.25) is 0 Å². The Kier molecular flexibility index (Phi) is 5.84. The second-order valence-electron chi connectivity index (χ2n) is 6.40.